The van der Waals surface area contributed by atoms with Gasteiger partial charge in [0, 0.05) is 31.4 Å². The van der Waals surface area contributed by atoms with Crippen molar-refractivity contribution in [1.82, 2.24) is 9.88 Å². The number of benzene rings is 1. The predicted octanol–water partition coefficient (Wildman–Crippen LogP) is 2.94. The number of hydrogen-bond acceptors (Lipinski definition) is 2. The molecule has 4 heteroatoms. The van der Waals surface area contributed by atoms with E-state index in [0.29, 0.717) is 13.0 Å². The highest BCUT2D eigenvalue weighted by molar-refractivity contribution is 5.76. The third-order valence-electron chi connectivity index (χ3n) is 4.40. The van der Waals surface area contributed by atoms with E-state index in [1.54, 1.807) is 7.11 Å². The molecule has 0 radical (unpaired) electrons. The first-order valence-corrected chi connectivity index (χ1v) is 8.02. The van der Waals surface area contributed by atoms with Crippen LogP contribution in [0, 0.1) is 13.8 Å². The first-order chi connectivity index (χ1) is 11.0. The Hall–Kier alpha value is -2.23. The monoisotopic (exact) mass is 314 g/mol. The van der Waals surface area contributed by atoms with Crippen LogP contribution in [0.3, 0.4) is 0 Å². The molecule has 0 saturated carbocycles. The summed E-state index contributed by atoms with van der Waals surface area (Å²) in [7, 11) is 3.72. The number of carbonyl (C=O) groups excluding carboxylic acids is 1. The highest BCUT2D eigenvalue weighted by Gasteiger charge is 2.07. The molecule has 1 N–H and O–H groups in total. The highest BCUT2D eigenvalue weighted by Crippen LogP contribution is 2.14. The number of aryl methyl sites for hydroxylation is 2. The van der Waals surface area contributed by atoms with Gasteiger partial charge in [-0.15, -0.1) is 0 Å². The topological polar surface area (TPSA) is 43.3 Å². The Morgan fingerprint density at radius 1 is 1.17 bits per heavy atom. The highest BCUT2D eigenvalue weighted by atomic mass is 16.5. The van der Waals surface area contributed by atoms with E-state index in [4.69, 9.17) is 4.74 Å². The van der Waals surface area contributed by atoms with Gasteiger partial charge in [-0.2, -0.15) is 0 Å². The van der Waals surface area contributed by atoms with Gasteiger partial charge < -0.3 is 14.6 Å². The molecule has 0 aliphatic heterocycles. The predicted molar refractivity (Wildman–Crippen MR) is 92.9 cm³/mol. The number of methoxy groups -OCH3 is 1. The van der Waals surface area contributed by atoms with E-state index in [-0.39, 0.29) is 5.91 Å². The van der Waals surface area contributed by atoms with Gasteiger partial charge in [-0.05, 0) is 56.0 Å². The molecule has 0 atom stereocenters. The summed E-state index contributed by atoms with van der Waals surface area (Å²) in [6.45, 7) is 4.91. The van der Waals surface area contributed by atoms with E-state index in [9.17, 15) is 4.79 Å². The van der Waals surface area contributed by atoms with Crippen LogP contribution in [0.5, 0.6) is 5.75 Å². The van der Waals surface area contributed by atoms with Crippen LogP contribution >= 0.6 is 0 Å². The molecular formula is C19H26N2O2. The molecule has 2 rings (SSSR count). The largest absolute Gasteiger partial charge is 0.497 e. The second kappa shape index (κ2) is 7.86. The smallest absolute Gasteiger partial charge is 0.220 e. The van der Waals surface area contributed by atoms with Crippen molar-refractivity contribution in [2.75, 3.05) is 13.7 Å². The van der Waals surface area contributed by atoms with Crippen LogP contribution in [0.2, 0.25) is 0 Å². The Morgan fingerprint density at radius 2 is 1.87 bits per heavy atom. The van der Waals surface area contributed by atoms with Gasteiger partial charge in [0.05, 0.1) is 7.11 Å². The third-order valence-corrected chi connectivity index (χ3v) is 4.40. The van der Waals surface area contributed by atoms with E-state index in [1.807, 2.05) is 24.3 Å². The van der Waals surface area contributed by atoms with E-state index >= 15 is 0 Å². The summed E-state index contributed by atoms with van der Waals surface area (Å²) in [5, 5.41) is 3.01. The van der Waals surface area contributed by atoms with Crippen molar-refractivity contribution in [2.45, 2.75) is 33.1 Å². The Bertz CT molecular complexity index is 657. The average molecular weight is 314 g/mol. The zero-order valence-electron chi connectivity index (χ0n) is 14.5. The van der Waals surface area contributed by atoms with Crippen LogP contribution < -0.4 is 10.1 Å². The van der Waals surface area contributed by atoms with E-state index < -0.39 is 0 Å². The summed E-state index contributed by atoms with van der Waals surface area (Å²) in [5.74, 6) is 0.942. The molecule has 124 valence electrons. The van der Waals surface area contributed by atoms with Gasteiger partial charge in [0.2, 0.25) is 5.91 Å². The molecule has 1 aromatic carbocycles. The molecule has 0 spiro atoms. The van der Waals surface area contributed by atoms with Crippen LogP contribution in [-0.4, -0.2) is 24.1 Å². The van der Waals surface area contributed by atoms with Gasteiger partial charge in [0.25, 0.3) is 0 Å². The summed E-state index contributed by atoms with van der Waals surface area (Å²) < 4.78 is 7.31. The molecular weight excluding hydrogens is 288 g/mol. The number of nitrogens with zero attached hydrogens (tertiary/aromatic N) is 1. The summed E-state index contributed by atoms with van der Waals surface area (Å²) >= 11 is 0. The molecule has 0 aliphatic rings. The third kappa shape index (κ3) is 4.62. The van der Waals surface area contributed by atoms with E-state index in [2.05, 4.69) is 36.8 Å². The summed E-state index contributed by atoms with van der Waals surface area (Å²) in [6.07, 6.45) is 2.14. The van der Waals surface area contributed by atoms with Crippen molar-refractivity contribution in [3.05, 3.63) is 52.8 Å². The molecule has 2 aromatic rings. The fourth-order valence-corrected chi connectivity index (χ4v) is 2.66. The SMILES string of the molecule is COc1ccc(CCC(=O)NCCc2cc(C)n(C)c2C)cc1. The van der Waals surface area contributed by atoms with E-state index in [0.717, 1.165) is 24.2 Å². The van der Waals surface area contributed by atoms with Crippen LogP contribution in [0.4, 0.5) is 0 Å². The normalized spacial score (nSPS) is 10.6. The van der Waals surface area contributed by atoms with Crippen molar-refractivity contribution in [3.8, 4) is 5.75 Å². The minimum Gasteiger partial charge on any atom is -0.497 e. The van der Waals surface area contributed by atoms with E-state index in [1.165, 1.54) is 17.0 Å². The zero-order chi connectivity index (χ0) is 16.8. The lowest BCUT2D eigenvalue weighted by Crippen LogP contribution is -2.26. The molecule has 0 bridgehead atoms. The Kier molecular flexibility index (Phi) is 5.85. The molecule has 0 fully saturated rings. The summed E-state index contributed by atoms with van der Waals surface area (Å²) in [6, 6.07) is 10.0. The fourth-order valence-electron chi connectivity index (χ4n) is 2.66. The summed E-state index contributed by atoms with van der Waals surface area (Å²) in [5.41, 5.74) is 4.98. The molecule has 0 aliphatic carbocycles. The van der Waals surface area contributed by atoms with Gasteiger partial charge in [-0.1, -0.05) is 12.1 Å². The number of rotatable bonds is 7. The first-order valence-electron chi connectivity index (χ1n) is 8.02. The number of nitrogens with one attached hydrogen (secondary N) is 1. The molecule has 1 aromatic heterocycles. The van der Waals surface area contributed by atoms with Gasteiger partial charge in [-0.3, -0.25) is 4.79 Å². The molecule has 23 heavy (non-hydrogen) atoms. The van der Waals surface area contributed by atoms with Crippen molar-refractivity contribution in [3.63, 3.8) is 0 Å². The summed E-state index contributed by atoms with van der Waals surface area (Å²) in [4.78, 5) is 11.9. The Balaban J connectivity index is 1.73. The fraction of sp³-hybridized carbons (Fsp3) is 0.421. The lowest BCUT2D eigenvalue weighted by molar-refractivity contribution is -0.121. The quantitative estimate of drug-likeness (QED) is 0.854. The zero-order valence-corrected chi connectivity index (χ0v) is 14.5. The molecule has 4 nitrogen and oxygen atoms in total. The van der Waals surface area contributed by atoms with Crippen molar-refractivity contribution >= 4 is 5.91 Å². The van der Waals surface area contributed by atoms with Crippen molar-refractivity contribution < 1.29 is 9.53 Å². The number of ether oxygens (including phenoxy) is 1. The molecule has 0 saturated heterocycles. The second-order valence-electron chi connectivity index (χ2n) is 5.90. The van der Waals surface area contributed by atoms with Crippen molar-refractivity contribution in [1.29, 1.82) is 0 Å². The first kappa shape index (κ1) is 17.1. The van der Waals surface area contributed by atoms with Gasteiger partial charge in [0.15, 0.2) is 0 Å². The van der Waals surface area contributed by atoms with Gasteiger partial charge in [-0.25, -0.2) is 0 Å². The number of hydrogen-bond donors (Lipinski definition) is 1. The lowest BCUT2D eigenvalue weighted by Gasteiger charge is -2.06. The Morgan fingerprint density at radius 3 is 2.43 bits per heavy atom. The maximum absolute atomic E-state index is 11.9. The molecule has 1 amide bonds. The number of amides is 1. The van der Waals surface area contributed by atoms with Crippen molar-refractivity contribution in [2.24, 2.45) is 7.05 Å². The molecule has 0 unspecified atom stereocenters. The minimum absolute atomic E-state index is 0.103. The van der Waals surface area contributed by atoms with Crippen LogP contribution in [0.15, 0.2) is 30.3 Å². The second-order valence-corrected chi connectivity index (χ2v) is 5.90. The van der Waals surface area contributed by atoms with Crippen LogP contribution in [0.1, 0.15) is 28.9 Å². The van der Waals surface area contributed by atoms with Gasteiger partial charge >= 0.3 is 0 Å². The standard InChI is InChI=1S/C19H26N2O2/c1-14-13-17(15(2)21(14)3)11-12-20-19(22)10-7-16-5-8-18(23-4)9-6-16/h5-6,8-9,13H,7,10-12H2,1-4H3,(H,20,22). The van der Waals surface area contributed by atoms with Gasteiger partial charge in [0.1, 0.15) is 5.75 Å². The maximum atomic E-state index is 11.9. The van der Waals surface area contributed by atoms with Crippen LogP contribution in [-0.2, 0) is 24.7 Å². The Labute approximate surface area is 138 Å². The average Bonchev–Trinajstić information content (AvgIpc) is 2.80. The maximum Gasteiger partial charge on any atom is 0.220 e. The minimum atomic E-state index is 0.103. The van der Waals surface area contributed by atoms with Crippen LogP contribution in [0.25, 0.3) is 0 Å². The molecule has 1 heterocycles. The number of carbonyl (C=O) groups is 1. The lowest BCUT2D eigenvalue weighted by atomic mass is 10.1. The number of aromatic nitrogens is 1.